The van der Waals surface area contributed by atoms with Gasteiger partial charge in [0, 0.05) is 32.7 Å². The van der Waals surface area contributed by atoms with Gasteiger partial charge in [-0.05, 0) is 38.0 Å². The van der Waals surface area contributed by atoms with Gasteiger partial charge in [-0.2, -0.15) is 0 Å². The van der Waals surface area contributed by atoms with Gasteiger partial charge in [0.2, 0.25) is 27.7 Å². The molecule has 1 heterocycles. The van der Waals surface area contributed by atoms with Crippen LogP contribution < -0.4 is 10.1 Å². The number of hydrogen-bond acceptors (Lipinski definition) is 6. The fraction of sp³-hybridized carbons (Fsp3) is 0.571. The molecule has 0 aromatic heterocycles. The topological polar surface area (TPSA) is 113 Å². The second-order valence-corrected chi connectivity index (χ2v) is 10.1. The van der Waals surface area contributed by atoms with E-state index in [1.54, 1.807) is 13.0 Å². The van der Waals surface area contributed by atoms with Crippen LogP contribution in [0.2, 0.25) is 0 Å². The zero-order chi connectivity index (χ0) is 22.8. The van der Waals surface area contributed by atoms with Gasteiger partial charge in [-0.25, -0.2) is 12.7 Å². The van der Waals surface area contributed by atoms with Crippen molar-refractivity contribution in [1.29, 1.82) is 0 Å². The highest BCUT2D eigenvalue weighted by atomic mass is 32.2. The molecule has 0 bridgehead atoms. The van der Waals surface area contributed by atoms with Gasteiger partial charge in [0.25, 0.3) is 0 Å². The van der Waals surface area contributed by atoms with Gasteiger partial charge in [0.1, 0.15) is 10.6 Å². The summed E-state index contributed by atoms with van der Waals surface area (Å²) < 4.78 is 31.7. The van der Waals surface area contributed by atoms with Crippen molar-refractivity contribution in [2.45, 2.75) is 43.9 Å². The molecule has 3 amide bonds. The third kappa shape index (κ3) is 4.74. The van der Waals surface area contributed by atoms with Gasteiger partial charge < -0.3 is 10.1 Å². The van der Waals surface area contributed by atoms with E-state index >= 15 is 0 Å². The first kappa shape index (κ1) is 23.2. The Morgan fingerprint density at radius 2 is 1.77 bits per heavy atom. The highest BCUT2D eigenvalue weighted by molar-refractivity contribution is 7.89. The molecule has 3 rings (SSSR count). The fourth-order valence-electron chi connectivity index (χ4n) is 4.15. The second kappa shape index (κ2) is 9.35. The lowest BCUT2D eigenvalue weighted by Gasteiger charge is -2.19. The van der Waals surface area contributed by atoms with E-state index in [0.29, 0.717) is 12.3 Å². The zero-order valence-electron chi connectivity index (χ0n) is 18.1. The molecule has 2 fully saturated rings. The average Bonchev–Trinajstić information content (AvgIpc) is 2.98. The number of imide groups is 1. The Morgan fingerprint density at radius 3 is 2.32 bits per heavy atom. The van der Waals surface area contributed by atoms with Crippen LogP contribution in [0.1, 0.15) is 39.0 Å². The molecule has 1 saturated heterocycles. The van der Waals surface area contributed by atoms with Crippen molar-refractivity contribution in [3.8, 4) is 5.75 Å². The first-order valence-corrected chi connectivity index (χ1v) is 11.9. The number of amides is 3. The maximum Gasteiger partial charge on any atom is 0.246 e. The SMILES string of the molecule is CCOc1ccc(NC(=O)CCN2C(=O)C3CCCCC3C2=O)cc1S(=O)(=O)N(C)C. The summed E-state index contributed by atoms with van der Waals surface area (Å²) in [6.07, 6.45) is 3.30. The van der Waals surface area contributed by atoms with Gasteiger partial charge in [0.05, 0.1) is 18.4 Å². The van der Waals surface area contributed by atoms with E-state index in [1.165, 1.54) is 31.1 Å². The Labute approximate surface area is 182 Å². The molecule has 1 aliphatic heterocycles. The van der Waals surface area contributed by atoms with E-state index < -0.39 is 15.9 Å². The van der Waals surface area contributed by atoms with E-state index in [4.69, 9.17) is 4.74 Å². The molecule has 10 heteroatoms. The van der Waals surface area contributed by atoms with Crippen LogP contribution >= 0.6 is 0 Å². The summed E-state index contributed by atoms with van der Waals surface area (Å²) in [4.78, 5) is 38.7. The number of sulfonamides is 1. The Morgan fingerprint density at radius 1 is 1.16 bits per heavy atom. The molecule has 2 atom stereocenters. The summed E-state index contributed by atoms with van der Waals surface area (Å²) in [5.74, 6) is -1.05. The highest BCUT2D eigenvalue weighted by Crippen LogP contribution is 2.38. The van der Waals surface area contributed by atoms with Crippen LogP contribution in [0.15, 0.2) is 23.1 Å². The number of rotatable bonds is 8. The second-order valence-electron chi connectivity index (χ2n) is 8.01. The third-order valence-electron chi connectivity index (χ3n) is 5.78. The maximum absolute atomic E-state index is 12.6. The minimum atomic E-state index is -3.78. The molecule has 1 N–H and O–H groups in total. The minimum absolute atomic E-state index is 0.0242. The number of fused-ring (bicyclic) bond motifs is 1. The number of hydrogen-bond donors (Lipinski definition) is 1. The molecule has 31 heavy (non-hydrogen) atoms. The predicted molar refractivity (Wildman–Crippen MR) is 114 cm³/mol. The molecule has 0 radical (unpaired) electrons. The molecule has 2 unspecified atom stereocenters. The summed E-state index contributed by atoms with van der Waals surface area (Å²) in [6, 6.07) is 4.39. The smallest absolute Gasteiger partial charge is 0.246 e. The van der Waals surface area contributed by atoms with Crippen LogP contribution in [0, 0.1) is 11.8 Å². The number of benzene rings is 1. The molecule has 9 nitrogen and oxygen atoms in total. The van der Waals surface area contributed by atoms with Gasteiger partial charge in [0.15, 0.2) is 0 Å². The monoisotopic (exact) mass is 451 g/mol. The molecular formula is C21H29N3O6S. The van der Waals surface area contributed by atoms with Crippen LogP contribution in [0.3, 0.4) is 0 Å². The molecule has 1 aromatic carbocycles. The lowest BCUT2D eigenvalue weighted by Crippen LogP contribution is -2.34. The lowest BCUT2D eigenvalue weighted by molar-refractivity contribution is -0.140. The van der Waals surface area contributed by atoms with Gasteiger partial charge >= 0.3 is 0 Å². The Kier molecular flexibility index (Phi) is 7.00. The summed E-state index contributed by atoms with van der Waals surface area (Å²) in [5.41, 5.74) is 0.293. The van der Waals surface area contributed by atoms with Gasteiger partial charge in [-0.3, -0.25) is 19.3 Å². The number of likely N-dealkylation sites (tertiary alicyclic amines) is 1. The van der Waals surface area contributed by atoms with E-state index in [-0.39, 0.29) is 47.3 Å². The Bertz CT molecular complexity index is 951. The van der Waals surface area contributed by atoms with E-state index in [1.807, 2.05) is 0 Å². The van der Waals surface area contributed by atoms with Crippen molar-refractivity contribution >= 4 is 33.4 Å². The number of nitrogens with one attached hydrogen (secondary N) is 1. The molecule has 170 valence electrons. The van der Waals surface area contributed by atoms with Crippen LogP contribution in [0.5, 0.6) is 5.75 Å². The number of carbonyl (C=O) groups is 3. The normalized spacial score (nSPS) is 21.4. The summed E-state index contributed by atoms with van der Waals surface area (Å²) in [7, 11) is -0.951. The largest absolute Gasteiger partial charge is 0.492 e. The summed E-state index contributed by atoms with van der Waals surface area (Å²) in [5, 5.41) is 2.65. The molecule has 1 saturated carbocycles. The minimum Gasteiger partial charge on any atom is -0.492 e. The number of carbonyl (C=O) groups excluding carboxylic acids is 3. The molecular weight excluding hydrogens is 422 g/mol. The van der Waals surface area contributed by atoms with Gasteiger partial charge in [-0.15, -0.1) is 0 Å². The highest BCUT2D eigenvalue weighted by Gasteiger charge is 2.47. The lowest BCUT2D eigenvalue weighted by atomic mass is 9.81. The number of ether oxygens (including phenoxy) is 1. The van der Waals surface area contributed by atoms with E-state index in [9.17, 15) is 22.8 Å². The van der Waals surface area contributed by atoms with E-state index in [2.05, 4.69) is 5.32 Å². The predicted octanol–water partition coefficient (Wildman–Crippen LogP) is 1.84. The maximum atomic E-state index is 12.6. The molecule has 0 spiro atoms. The number of anilines is 1. The summed E-state index contributed by atoms with van der Waals surface area (Å²) >= 11 is 0. The van der Waals surface area contributed by atoms with Crippen molar-refractivity contribution in [2.24, 2.45) is 11.8 Å². The first-order valence-electron chi connectivity index (χ1n) is 10.5. The van der Waals surface area contributed by atoms with Crippen molar-refractivity contribution in [3.05, 3.63) is 18.2 Å². The van der Waals surface area contributed by atoms with Crippen LogP contribution in [-0.2, 0) is 24.4 Å². The fourth-order valence-corrected chi connectivity index (χ4v) is 5.20. The average molecular weight is 452 g/mol. The van der Waals surface area contributed by atoms with Crippen molar-refractivity contribution in [1.82, 2.24) is 9.21 Å². The van der Waals surface area contributed by atoms with Crippen LogP contribution in [0.4, 0.5) is 5.69 Å². The zero-order valence-corrected chi connectivity index (χ0v) is 18.9. The Hall–Kier alpha value is -2.46. The van der Waals surface area contributed by atoms with Crippen LogP contribution in [0.25, 0.3) is 0 Å². The molecule has 1 aliphatic carbocycles. The first-order chi connectivity index (χ1) is 14.7. The van der Waals surface area contributed by atoms with Crippen molar-refractivity contribution in [3.63, 3.8) is 0 Å². The quantitative estimate of drug-likeness (QED) is 0.604. The summed E-state index contributed by atoms with van der Waals surface area (Å²) in [6.45, 7) is 2.07. The molecule has 2 aliphatic rings. The Balaban J connectivity index is 1.68. The van der Waals surface area contributed by atoms with Crippen LogP contribution in [-0.4, -0.2) is 62.6 Å². The van der Waals surface area contributed by atoms with Gasteiger partial charge in [-0.1, -0.05) is 12.8 Å². The van der Waals surface area contributed by atoms with Crippen molar-refractivity contribution in [2.75, 3.05) is 32.6 Å². The standard InChI is InChI=1S/C21H29N3O6S/c1-4-30-17-10-9-14(13-18(17)31(28,29)23(2)3)22-19(25)11-12-24-20(26)15-7-5-6-8-16(15)21(24)27/h9-10,13,15-16H,4-8,11-12H2,1-3H3,(H,22,25). The number of nitrogens with zero attached hydrogens (tertiary/aromatic N) is 2. The van der Waals surface area contributed by atoms with E-state index in [0.717, 1.165) is 30.0 Å². The van der Waals surface area contributed by atoms with Crippen molar-refractivity contribution < 1.29 is 27.5 Å². The molecule has 1 aromatic rings. The third-order valence-corrected chi connectivity index (χ3v) is 7.62.